The van der Waals surface area contributed by atoms with Crippen molar-refractivity contribution in [3.63, 3.8) is 0 Å². The summed E-state index contributed by atoms with van der Waals surface area (Å²) in [6, 6.07) is 0. The molecule has 1 atom stereocenters. The number of nitrogens with zero attached hydrogens (tertiary/aromatic N) is 4. The Labute approximate surface area is 166 Å². The van der Waals surface area contributed by atoms with Crippen LogP contribution in [0.5, 0.6) is 0 Å². The summed E-state index contributed by atoms with van der Waals surface area (Å²) >= 11 is 0. The largest absolute Gasteiger partial charge is 0.490 e. The number of carbonyl (C=O) groups is 1. The SMILES string of the molecule is CCS(=O)(=O)N1CCOC2(CCCN(c3cnccn3)C2)C1.O=C(O)C(F)(F)F. The lowest BCUT2D eigenvalue weighted by Gasteiger charge is -2.47. The molecule has 0 saturated carbocycles. The van der Waals surface area contributed by atoms with Crippen molar-refractivity contribution in [3.05, 3.63) is 18.6 Å². The van der Waals surface area contributed by atoms with Gasteiger partial charge in [0, 0.05) is 38.6 Å². The molecule has 2 aliphatic rings. The molecular formula is C16H23F3N4O5S. The zero-order valence-electron chi connectivity index (χ0n) is 15.8. The highest BCUT2D eigenvalue weighted by Crippen LogP contribution is 2.31. The van der Waals surface area contributed by atoms with Crippen LogP contribution < -0.4 is 4.90 Å². The second-order valence-corrected chi connectivity index (χ2v) is 8.91. The van der Waals surface area contributed by atoms with Gasteiger partial charge >= 0.3 is 12.1 Å². The van der Waals surface area contributed by atoms with E-state index in [0.29, 0.717) is 26.2 Å². The Morgan fingerprint density at radius 1 is 1.31 bits per heavy atom. The Bertz CT molecular complexity index is 789. The molecule has 2 aliphatic heterocycles. The summed E-state index contributed by atoms with van der Waals surface area (Å²) in [6.45, 7) is 4.56. The summed E-state index contributed by atoms with van der Waals surface area (Å²) < 4.78 is 63.7. The normalized spacial score (nSPS) is 23.4. The second-order valence-electron chi connectivity index (χ2n) is 6.66. The average molecular weight is 440 g/mol. The summed E-state index contributed by atoms with van der Waals surface area (Å²) in [5.74, 6) is -1.80. The van der Waals surface area contributed by atoms with Crippen molar-refractivity contribution in [2.45, 2.75) is 31.5 Å². The van der Waals surface area contributed by atoms with E-state index >= 15 is 0 Å². The van der Waals surface area contributed by atoms with Gasteiger partial charge in [-0.05, 0) is 19.8 Å². The van der Waals surface area contributed by atoms with E-state index in [-0.39, 0.29) is 5.75 Å². The summed E-state index contributed by atoms with van der Waals surface area (Å²) in [6.07, 6.45) is 1.81. The minimum absolute atomic E-state index is 0.136. The number of halogens is 3. The molecular weight excluding hydrogens is 417 g/mol. The molecule has 0 aliphatic carbocycles. The third-order valence-corrected chi connectivity index (χ3v) is 6.46. The van der Waals surface area contributed by atoms with Crippen LogP contribution in [0, 0.1) is 0 Å². The maximum atomic E-state index is 12.2. The predicted octanol–water partition coefficient (Wildman–Crippen LogP) is 1.13. The molecule has 0 radical (unpaired) electrons. The first kappa shape index (κ1) is 23.3. The maximum Gasteiger partial charge on any atom is 0.490 e. The number of hydrogen-bond acceptors (Lipinski definition) is 7. The van der Waals surface area contributed by atoms with Gasteiger partial charge in [-0.2, -0.15) is 17.5 Å². The number of hydrogen-bond donors (Lipinski definition) is 1. The third kappa shape index (κ3) is 6.24. The Hall–Kier alpha value is -1.99. The van der Waals surface area contributed by atoms with Crippen molar-refractivity contribution in [2.75, 3.05) is 43.4 Å². The number of morpholine rings is 1. The second kappa shape index (κ2) is 9.22. The van der Waals surface area contributed by atoms with Gasteiger partial charge in [-0.3, -0.25) is 4.98 Å². The van der Waals surface area contributed by atoms with E-state index in [2.05, 4.69) is 14.9 Å². The van der Waals surface area contributed by atoms with E-state index < -0.39 is 27.8 Å². The number of carboxylic acid groups (broad SMARTS) is 1. The van der Waals surface area contributed by atoms with E-state index in [4.69, 9.17) is 14.6 Å². The highest BCUT2D eigenvalue weighted by molar-refractivity contribution is 7.89. The van der Waals surface area contributed by atoms with E-state index in [1.165, 1.54) is 0 Å². The molecule has 1 N–H and O–H groups in total. The number of alkyl halides is 3. The molecule has 29 heavy (non-hydrogen) atoms. The maximum absolute atomic E-state index is 12.2. The monoisotopic (exact) mass is 440 g/mol. The van der Waals surface area contributed by atoms with Gasteiger partial charge in [-0.25, -0.2) is 18.2 Å². The summed E-state index contributed by atoms with van der Waals surface area (Å²) in [5, 5.41) is 7.12. The fraction of sp³-hybridized carbons (Fsp3) is 0.688. The lowest BCUT2D eigenvalue weighted by molar-refractivity contribution is -0.192. The van der Waals surface area contributed by atoms with Crippen LogP contribution in [0.4, 0.5) is 19.0 Å². The third-order valence-electron chi connectivity index (χ3n) is 4.63. The van der Waals surface area contributed by atoms with Crippen molar-refractivity contribution in [1.29, 1.82) is 0 Å². The zero-order valence-corrected chi connectivity index (χ0v) is 16.6. The van der Waals surface area contributed by atoms with Crippen LogP contribution >= 0.6 is 0 Å². The smallest absolute Gasteiger partial charge is 0.475 e. The standard InChI is InChI=1S/C14H22N4O3S.C2HF3O2/c1-2-22(19,20)18-8-9-21-14(12-18)4-3-7-17(11-14)13-10-15-5-6-16-13;3-2(4,5)1(6)7/h5-6,10H,2-4,7-9,11-12H2,1H3;(H,6,7). The fourth-order valence-corrected chi connectivity index (χ4v) is 4.37. The van der Waals surface area contributed by atoms with Crippen LogP contribution in [0.25, 0.3) is 0 Å². The fourth-order valence-electron chi connectivity index (χ4n) is 3.23. The molecule has 1 aromatic rings. The van der Waals surface area contributed by atoms with Crippen molar-refractivity contribution in [2.24, 2.45) is 0 Å². The molecule has 3 heterocycles. The number of sulfonamides is 1. The highest BCUT2D eigenvalue weighted by atomic mass is 32.2. The lowest BCUT2D eigenvalue weighted by Crippen LogP contribution is -2.61. The van der Waals surface area contributed by atoms with Crippen LogP contribution in [-0.4, -0.2) is 84.1 Å². The van der Waals surface area contributed by atoms with E-state index in [9.17, 15) is 21.6 Å². The Balaban J connectivity index is 0.000000370. The van der Waals surface area contributed by atoms with Crippen LogP contribution in [-0.2, 0) is 19.6 Å². The molecule has 0 bridgehead atoms. The minimum atomic E-state index is -5.08. The molecule has 0 amide bonds. The Morgan fingerprint density at radius 2 is 2.00 bits per heavy atom. The van der Waals surface area contributed by atoms with Crippen molar-refractivity contribution in [3.8, 4) is 0 Å². The zero-order chi connectivity index (χ0) is 21.7. The molecule has 164 valence electrons. The Morgan fingerprint density at radius 3 is 2.55 bits per heavy atom. The van der Waals surface area contributed by atoms with Crippen molar-refractivity contribution < 1.29 is 36.2 Å². The molecule has 2 fully saturated rings. The first-order valence-electron chi connectivity index (χ1n) is 8.92. The van der Waals surface area contributed by atoms with Gasteiger partial charge in [0.15, 0.2) is 0 Å². The van der Waals surface area contributed by atoms with Gasteiger partial charge < -0.3 is 14.7 Å². The summed E-state index contributed by atoms with van der Waals surface area (Å²) in [7, 11) is -3.17. The van der Waals surface area contributed by atoms with Crippen LogP contribution in [0.2, 0.25) is 0 Å². The van der Waals surface area contributed by atoms with Gasteiger partial charge in [0.25, 0.3) is 0 Å². The Kier molecular flexibility index (Phi) is 7.40. The number of rotatable bonds is 3. The predicted molar refractivity (Wildman–Crippen MR) is 96.9 cm³/mol. The van der Waals surface area contributed by atoms with Crippen LogP contribution in [0.1, 0.15) is 19.8 Å². The number of anilines is 1. The molecule has 1 unspecified atom stereocenters. The summed E-state index contributed by atoms with van der Waals surface area (Å²) in [4.78, 5) is 19.5. The number of ether oxygens (including phenoxy) is 1. The van der Waals surface area contributed by atoms with Gasteiger partial charge in [0.05, 0.1) is 24.2 Å². The van der Waals surface area contributed by atoms with Gasteiger partial charge in [-0.15, -0.1) is 0 Å². The van der Waals surface area contributed by atoms with E-state index in [0.717, 1.165) is 25.2 Å². The van der Waals surface area contributed by atoms with Crippen molar-refractivity contribution in [1.82, 2.24) is 14.3 Å². The molecule has 0 aromatic carbocycles. The molecule has 1 aromatic heterocycles. The molecule has 1 spiro atoms. The van der Waals surface area contributed by atoms with Crippen molar-refractivity contribution >= 4 is 21.8 Å². The highest BCUT2D eigenvalue weighted by Gasteiger charge is 2.43. The summed E-state index contributed by atoms with van der Waals surface area (Å²) in [5.41, 5.74) is -0.434. The number of carboxylic acids is 1. The molecule has 3 rings (SSSR count). The van der Waals surface area contributed by atoms with Crippen LogP contribution in [0.15, 0.2) is 18.6 Å². The topological polar surface area (TPSA) is 113 Å². The van der Waals surface area contributed by atoms with Gasteiger partial charge in [0.1, 0.15) is 5.82 Å². The lowest BCUT2D eigenvalue weighted by atomic mass is 9.91. The minimum Gasteiger partial charge on any atom is -0.475 e. The van der Waals surface area contributed by atoms with E-state index in [1.807, 2.05) is 0 Å². The quantitative estimate of drug-likeness (QED) is 0.744. The first-order chi connectivity index (χ1) is 13.5. The molecule has 9 nitrogen and oxygen atoms in total. The van der Waals surface area contributed by atoms with Crippen LogP contribution in [0.3, 0.4) is 0 Å². The molecule has 2 saturated heterocycles. The molecule has 13 heteroatoms. The van der Waals surface area contributed by atoms with E-state index in [1.54, 1.807) is 29.8 Å². The van der Waals surface area contributed by atoms with Gasteiger partial charge in [-0.1, -0.05) is 0 Å². The number of piperidine rings is 1. The van der Waals surface area contributed by atoms with Gasteiger partial charge in [0.2, 0.25) is 10.0 Å². The average Bonchev–Trinajstić information content (AvgIpc) is 2.68. The number of aromatic nitrogens is 2. The number of aliphatic carboxylic acids is 1. The first-order valence-corrected chi connectivity index (χ1v) is 10.5.